The van der Waals surface area contributed by atoms with Crippen molar-refractivity contribution in [3.63, 3.8) is 0 Å². The summed E-state index contributed by atoms with van der Waals surface area (Å²) >= 11 is 8.57. The fourth-order valence-corrected chi connectivity index (χ4v) is 1.91. The van der Waals surface area contributed by atoms with E-state index in [1.807, 2.05) is 0 Å². The van der Waals surface area contributed by atoms with Gasteiger partial charge in [-0.2, -0.15) is 0 Å². The van der Waals surface area contributed by atoms with E-state index in [0.29, 0.717) is 5.02 Å². The summed E-state index contributed by atoms with van der Waals surface area (Å²) in [5.41, 5.74) is 0.874. The van der Waals surface area contributed by atoms with E-state index in [2.05, 4.69) is 20.7 Å². The van der Waals surface area contributed by atoms with E-state index in [1.165, 1.54) is 0 Å². The van der Waals surface area contributed by atoms with Crippen molar-refractivity contribution in [1.82, 2.24) is 4.72 Å². The Morgan fingerprint density at radius 2 is 1.86 bits per heavy atom. The molecule has 78 valence electrons. The van der Waals surface area contributed by atoms with Crippen molar-refractivity contribution in [3.8, 4) is 0 Å². The molecule has 0 fully saturated rings. The Kier molecular flexibility index (Phi) is 4.37. The first kappa shape index (κ1) is 12.0. The molecule has 1 N–H and O–H groups in total. The van der Waals surface area contributed by atoms with Gasteiger partial charge in [0.05, 0.1) is 0 Å². The normalized spacial score (nSPS) is 11.6. The zero-order valence-electron chi connectivity index (χ0n) is 7.20. The summed E-state index contributed by atoms with van der Waals surface area (Å²) in [5, 5.41) is 0.636. The summed E-state index contributed by atoms with van der Waals surface area (Å²) in [4.78, 5) is 0. The predicted molar refractivity (Wildman–Crippen MR) is 61.0 cm³/mol. The fourth-order valence-electron chi connectivity index (χ4n) is 0.834. The highest BCUT2D eigenvalue weighted by Gasteiger charge is 2.06. The van der Waals surface area contributed by atoms with Crippen LogP contribution in [0.4, 0.5) is 0 Å². The van der Waals surface area contributed by atoms with E-state index in [1.54, 1.807) is 24.3 Å². The highest BCUT2D eigenvalue weighted by Crippen LogP contribution is 2.09. The summed E-state index contributed by atoms with van der Waals surface area (Å²) in [6.45, 7) is 0.283. The van der Waals surface area contributed by atoms with E-state index in [4.69, 9.17) is 11.6 Å². The lowest BCUT2D eigenvalue weighted by atomic mass is 10.2. The van der Waals surface area contributed by atoms with Crippen LogP contribution in [0.2, 0.25) is 5.02 Å². The number of hydrogen-bond donors (Lipinski definition) is 1. The summed E-state index contributed by atoms with van der Waals surface area (Å²) < 4.78 is 24.4. The molecule has 1 aromatic rings. The van der Waals surface area contributed by atoms with Crippen LogP contribution in [0.3, 0.4) is 0 Å². The Bertz CT molecular complexity index is 390. The first-order valence-corrected chi connectivity index (χ1v) is 6.96. The lowest BCUT2D eigenvalue weighted by Gasteiger charge is -2.03. The van der Waals surface area contributed by atoms with Gasteiger partial charge in [0.2, 0.25) is 10.0 Å². The van der Waals surface area contributed by atoms with Gasteiger partial charge in [-0.3, -0.25) is 0 Å². The Morgan fingerprint density at radius 3 is 2.36 bits per heavy atom. The molecule has 0 saturated carbocycles. The summed E-state index contributed by atoms with van der Waals surface area (Å²) in [5.74, 6) is 0. The maximum atomic E-state index is 11.1. The average Bonchev–Trinajstić information content (AvgIpc) is 2.17. The lowest BCUT2D eigenvalue weighted by molar-refractivity contribution is 0.586. The van der Waals surface area contributed by atoms with E-state index in [-0.39, 0.29) is 11.2 Å². The SMILES string of the molecule is O=S(=O)(CBr)NCc1ccc(Cl)cc1. The molecule has 0 aromatic heterocycles. The Hall–Kier alpha value is -0.100. The Labute approximate surface area is 96.6 Å². The average molecular weight is 299 g/mol. The van der Waals surface area contributed by atoms with E-state index in [9.17, 15) is 8.42 Å². The van der Waals surface area contributed by atoms with Gasteiger partial charge in [0.25, 0.3) is 0 Å². The topological polar surface area (TPSA) is 46.2 Å². The summed E-state index contributed by atoms with van der Waals surface area (Å²) in [7, 11) is -3.19. The van der Waals surface area contributed by atoms with Crippen molar-refractivity contribution >= 4 is 37.6 Å². The van der Waals surface area contributed by atoms with Crippen LogP contribution in [-0.2, 0) is 16.6 Å². The van der Waals surface area contributed by atoms with Gasteiger partial charge < -0.3 is 0 Å². The third-order valence-corrected chi connectivity index (χ3v) is 4.48. The molecule has 1 aromatic carbocycles. The van der Waals surface area contributed by atoms with Crippen molar-refractivity contribution in [2.24, 2.45) is 0 Å². The molecule has 0 heterocycles. The standard InChI is InChI=1S/C8H9BrClNO2S/c9-6-14(12,13)11-5-7-1-3-8(10)4-2-7/h1-4,11H,5-6H2. The number of benzene rings is 1. The molecule has 0 spiro atoms. The molecule has 0 aliphatic carbocycles. The minimum Gasteiger partial charge on any atom is -0.212 e. The molecule has 0 bridgehead atoms. The maximum Gasteiger partial charge on any atom is 0.221 e. The molecule has 14 heavy (non-hydrogen) atoms. The number of nitrogens with one attached hydrogen (secondary N) is 1. The van der Waals surface area contributed by atoms with Crippen LogP contribution in [0, 0.1) is 0 Å². The molecule has 0 unspecified atom stereocenters. The lowest BCUT2D eigenvalue weighted by Crippen LogP contribution is -2.23. The highest BCUT2D eigenvalue weighted by molar-refractivity contribution is 9.10. The first-order chi connectivity index (χ1) is 6.53. The van der Waals surface area contributed by atoms with Gasteiger partial charge in [-0.05, 0) is 17.7 Å². The largest absolute Gasteiger partial charge is 0.221 e. The molecule has 0 aliphatic rings. The molecule has 1 rings (SSSR count). The molecule has 0 radical (unpaired) electrons. The zero-order valence-corrected chi connectivity index (χ0v) is 10.4. The molecule has 3 nitrogen and oxygen atoms in total. The quantitative estimate of drug-likeness (QED) is 0.866. The van der Waals surface area contributed by atoms with Crippen molar-refractivity contribution in [3.05, 3.63) is 34.9 Å². The number of rotatable bonds is 4. The fraction of sp³-hybridized carbons (Fsp3) is 0.250. The number of hydrogen-bond acceptors (Lipinski definition) is 2. The van der Waals surface area contributed by atoms with Crippen LogP contribution in [0.25, 0.3) is 0 Å². The molecule has 0 atom stereocenters. The second kappa shape index (κ2) is 5.11. The molecular weight excluding hydrogens is 290 g/mol. The van der Waals surface area contributed by atoms with E-state index < -0.39 is 10.0 Å². The minimum atomic E-state index is -3.19. The van der Waals surface area contributed by atoms with Gasteiger partial charge in [0.1, 0.15) is 4.66 Å². The van der Waals surface area contributed by atoms with Gasteiger partial charge in [0, 0.05) is 11.6 Å². The highest BCUT2D eigenvalue weighted by atomic mass is 79.9. The van der Waals surface area contributed by atoms with Crippen LogP contribution < -0.4 is 4.72 Å². The van der Waals surface area contributed by atoms with Gasteiger partial charge >= 0.3 is 0 Å². The number of sulfonamides is 1. The molecule has 0 saturated heterocycles. The zero-order chi connectivity index (χ0) is 10.6. The van der Waals surface area contributed by atoms with Crippen LogP contribution >= 0.6 is 27.5 Å². The number of alkyl halides is 1. The second-order valence-corrected chi connectivity index (χ2v) is 6.22. The van der Waals surface area contributed by atoms with Crippen LogP contribution in [0.5, 0.6) is 0 Å². The predicted octanol–water partition coefficient (Wildman–Crippen LogP) is 2.11. The first-order valence-electron chi connectivity index (χ1n) is 3.81. The van der Waals surface area contributed by atoms with Crippen molar-refractivity contribution in [2.75, 3.05) is 4.66 Å². The van der Waals surface area contributed by atoms with Gasteiger partial charge in [-0.1, -0.05) is 39.7 Å². The third kappa shape index (κ3) is 3.96. The second-order valence-electron chi connectivity index (χ2n) is 2.67. The van der Waals surface area contributed by atoms with Crippen molar-refractivity contribution in [2.45, 2.75) is 6.54 Å². The number of halogens is 2. The van der Waals surface area contributed by atoms with Gasteiger partial charge in [0.15, 0.2) is 0 Å². The van der Waals surface area contributed by atoms with Crippen LogP contribution in [0.1, 0.15) is 5.56 Å². The van der Waals surface area contributed by atoms with Crippen LogP contribution in [0.15, 0.2) is 24.3 Å². The molecule has 6 heteroatoms. The molecule has 0 amide bonds. The monoisotopic (exact) mass is 297 g/mol. The molecular formula is C8H9BrClNO2S. The third-order valence-electron chi connectivity index (χ3n) is 1.55. The molecule has 0 aliphatic heterocycles. The van der Waals surface area contributed by atoms with E-state index in [0.717, 1.165) is 5.56 Å². The summed E-state index contributed by atoms with van der Waals surface area (Å²) in [6, 6.07) is 7.00. The van der Waals surface area contributed by atoms with Crippen molar-refractivity contribution in [1.29, 1.82) is 0 Å². The summed E-state index contributed by atoms with van der Waals surface area (Å²) in [6.07, 6.45) is 0. The minimum absolute atomic E-state index is 0.0897. The van der Waals surface area contributed by atoms with Crippen LogP contribution in [-0.4, -0.2) is 13.1 Å². The van der Waals surface area contributed by atoms with Crippen molar-refractivity contribution < 1.29 is 8.42 Å². The smallest absolute Gasteiger partial charge is 0.212 e. The maximum absolute atomic E-state index is 11.1. The Balaban J connectivity index is 2.59. The van der Waals surface area contributed by atoms with Gasteiger partial charge in [-0.15, -0.1) is 0 Å². The Morgan fingerprint density at radius 1 is 1.29 bits per heavy atom. The van der Waals surface area contributed by atoms with E-state index >= 15 is 0 Å². The van der Waals surface area contributed by atoms with Gasteiger partial charge in [-0.25, -0.2) is 13.1 Å².